The number of carbonyl (C=O) groups excluding carboxylic acids is 1. The normalized spacial score (nSPS) is 11.0. The molecular weight excluding hydrogens is 466 g/mol. The zero-order chi connectivity index (χ0) is 23.9. The maximum atomic E-state index is 11.7. The molecule has 0 aliphatic carbocycles. The molecule has 0 aliphatic heterocycles. The summed E-state index contributed by atoms with van der Waals surface area (Å²) in [5, 5.41) is 15.8. The van der Waals surface area contributed by atoms with E-state index in [-0.39, 0.29) is 5.91 Å². The van der Waals surface area contributed by atoms with Crippen LogP contribution in [0.2, 0.25) is 0 Å². The highest BCUT2D eigenvalue weighted by atomic mass is 32.1. The summed E-state index contributed by atoms with van der Waals surface area (Å²) in [7, 11) is 1.58. The molecule has 2 aromatic carbocycles. The van der Waals surface area contributed by atoms with E-state index in [1.54, 1.807) is 13.2 Å². The van der Waals surface area contributed by atoms with Gasteiger partial charge in [-0.3, -0.25) is 4.79 Å². The SMILES string of the molecule is COc1cc(/C=C(\C#N)c2nc(-c3cccs3)c(NC(C)=O)s2)ccc1OCc1ccccc1. The van der Waals surface area contributed by atoms with Gasteiger partial charge in [-0.1, -0.05) is 53.8 Å². The van der Waals surface area contributed by atoms with Crippen LogP contribution < -0.4 is 14.8 Å². The second-order valence-corrected chi connectivity index (χ2v) is 9.16. The molecule has 0 saturated carbocycles. The number of nitrogens with one attached hydrogen (secondary N) is 1. The van der Waals surface area contributed by atoms with Crippen molar-refractivity contribution in [2.45, 2.75) is 13.5 Å². The van der Waals surface area contributed by atoms with E-state index in [0.717, 1.165) is 16.0 Å². The summed E-state index contributed by atoms with van der Waals surface area (Å²) in [6.07, 6.45) is 1.75. The smallest absolute Gasteiger partial charge is 0.221 e. The van der Waals surface area contributed by atoms with Gasteiger partial charge in [0.05, 0.1) is 17.6 Å². The number of carbonyl (C=O) groups is 1. The van der Waals surface area contributed by atoms with E-state index in [0.29, 0.717) is 39.4 Å². The maximum absolute atomic E-state index is 11.7. The standard InChI is InChI=1S/C26H21N3O3S2/c1-17(30)28-26-24(23-9-6-12-33-23)29-25(34-26)20(15-27)13-19-10-11-21(22(14-19)31-2)32-16-18-7-4-3-5-8-18/h3-14H,16H2,1-2H3,(H,28,30)/b20-13+. The van der Waals surface area contributed by atoms with Crippen LogP contribution in [0.3, 0.4) is 0 Å². The Hall–Kier alpha value is -3.93. The Bertz CT molecular complexity index is 1350. The van der Waals surface area contributed by atoms with Gasteiger partial charge in [-0.25, -0.2) is 4.98 Å². The molecule has 1 N–H and O–H groups in total. The van der Waals surface area contributed by atoms with Crippen LogP contribution in [0, 0.1) is 11.3 Å². The number of nitrogens with zero attached hydrogens (tertiary/aromatic N) is 2. The molecule has 4 aromatic rings. The molecule has 0 aliphatic rings. The molecule has 2 heterocycles. The van der Waals surface area contributed by atoms with Crippen LogP contribution >= 0.6 is 22.7 Å². The maximum Gasteiger partial charge on any atom is 0.221 e. The number of thiophene rings is 1. The summed E-state index contributed by atoms with van der Waals surface area (Å²) in [6, 6.07) is 21.5. The first kappa shape index (κ1) is 23.2. The Morgan fingerprint density at radius 1 is 1.15 bits per heavy atom. The van der Waals surface area contributed by atoms with Gasteiger partial charge in [0.1, 0.15) is 28.4 Å². The molecule has 0 bridgehead atoms. The van der Waals surface area contributed by atoms with Crippen LogP contribution in [0.1, 0.15) is 23.1 Å². The van der Waals surface area contributed by atoms with Crippen LogP contribution in [-0.4, -0.2) is 18.0 Å². The van der Waals surface area contributed by atoms with Gasteiger partial charge in [-0.05, 0) is 40.8 Å². The van der Waals surface area contributed by atoms with Gasteiger partial charge in [0.25, 0.3) is 0 Å². The minimum atomic E-state index is -0.189. The number of aromatic nitrogens is 1. The Morgan fingerprint density at radius 2 is 1.97 bits per heavy atom. The van der Waals surface area contributed by atoms with Crippen molar-refractivity contribution in [2.24, 2.45) is 0 Å². The van der Waals surface area contributed by atoms with Crippen molar-refractivity contribution in [3.05, 3.63) is 82.2 Å². The fourth-order valence-corrected chi connectivity index (χ4v) is 4.97. The summed E-state index contributed by atoms with van der Waals surface area (Å²) in [4.78, 5) is 17.3. The van der Waals surface area contributed by atoms with Gasteiger partial charge in [0, 0.05) is 6.92 Å². The van der Waals surface area contributed by atoms with E-state index in [4.69, 9.17) is 9.47 Å². The van der Waals surface area contributed by atoms with Crippen molar-refractivity contribution in [2.75, 3.05) is 12.4 Å². The summed E-state index contributed by atoms with van der Waals surface area (Å²) < 4.78 is 11.4. The van der Waals surface area contributed by atoms with E-state index < -0.39 is 0 Å². The number of thiazole rings is 1. The number of rotatable bonds is 8. The number of methoxy groups -OCH3 is 1. The number of ether oxygens (including phenoxy) is 2. The number of hydrogen-bond acceptors (Lipinski definition) is 7. The monoisotopic (exact) mass is 487 g/mol. The molecule has 6 nitrogen and oxygen atoms in total. The number of hydrogen-bond donors (Lipinski definition) is 1. The van der Waals surface area contributed by atoms with Gasteiger partial charge in [-0.15, -0.1) is 11.3 Å². The first-order chi connectivity index (χ1) is 16.6. The highest BCUT2D eigenvalue weighted by Crippen LogP contribution is 2.38. The van der Waals surface area contributed by atoms with E-state index >= 15 is 0 Å². The summed E-state index contributed by atoms with van der Waals surface area (Å²) >= 11 is 2.80. The van der Waals surface area contributed by atoms with Crippen molar-refractivity contribution < 1.29 is 14.3 Å². The van der Waals surface area contributed by atoms with Gasteiger partial charge in [0.2, 0.25) is 5.91 Å². The molecule has 0 unspecified atom stereocenters. The van der Waals surface area contributed by atoms with Gasteiger partial charge < -0.3 is 14.8 Å². The highest BCUT2D eigenvalue weighted by Gasteiger charge is 2.18. The number of anilines is 1. The Labute approximate surface area is 205 Å². The lowest BCUT2D eigenvalue weighted by Crippen LogP contribution is -2.04. The highest BCUT2D eigenvalue weighted by molar-refractivity contribution is 7.18. The number of nitriles is 1. The molecule has 0 atom stereocenters. The fourth-order valence-electron chi connectivity index (χ4n) is 3.20. The molecule has 1 amide bonds. The van der Waals surface area contributed by atoms with Crippen molar-refractivity contribution in [1.82, 2.24) is 4.98 Å². The average Bonchev–Trinajstić information content (AvgIpc) is 3.52. The predicted octanol–water partition coefficient (Wildman–Crippen LogP) is 6.48. The van der Waals surface area contributed by atoms with E-state index in [1.807, 2.05) is 66.0 Å². The third-order valence-corrected chi connectivity index (χ3v) is 6.64. The van der Waals surface area contributed by atoms with Crippen LogP contribution in [0.5, 0.6) is 11.5 Å². The summed E-state index contributed by atoms with van der Waals surface area (Å²) in [5.41, 5.74) is 2.88. The molecular formula is C26H21N3O3S2. The van der Waals surface area contributed by atoms with Crippen LogP contribution in [-0.2, 0) is 11.4 Å². The Morgan fingerprint density at radius 3 is 2.65 bits per heavy atom. The van der Waals surface area contributed by atoms with Crippen molar-refractivity contribution in [3.63, 3.8) is 0 Å². The van der Waals surface area contributed by atoms with Crippen LogP contribution in [0.25, 0.3) is 22.2 Å². The lowest BCUT2D eigenvalue weighted by Gasteiger charge is -2.11. The average molecular weight is 488 g/mol. The molecule has 0 spiro atoms. The molecule has 8 heteroatoms. The molecule has 170 valence electrons. The second-order valence-electron chi connectivity index (χ2n) is 7.21. The Balaban J connectivity index is 1.62. The first-order valence-electron chi connectivity index (χ1n) is 10.4. The zero-order valence-electron chi connectivity index (χ0n) is 18.6. The number of allylic oxidation sites excluding steroid dienone is 1. The lowest BCUT2D eigenvalue weighted by atomic mass is 10.1. The second kappa shape index (κ2) is 10.8. The van der Waals surface area contributed by atoms with Gasteiger partial charge >= 0.3 is 0 Å². The first-order valence-corrected chi connectivity index (χ1v) is 12.1. The molecule has 0 fully saturated rings. The third-order valence-electron chi connectivity index (χ3n) is 4.76. The minimum absolute atomic E-state index is 0.189. The van der Waals surface area contributed by atoms with Crippen molar-refractivity contribution in [3.8, 4) is 28.1 Å². The third kappa shape index (κ3) is 5.52. The Kier molecular flexibility index (Phi) is 7.38. The predicted molar refractivity (Wildman–Crippen MR) is 137 cm³/mol. The number of benzene rings is 2. The summed E-state index contributed by atoms with van der Waals surface area (Å²) in [5.74, 6) is 0.995. The molecule has 0 saturated heterocycles. The van der Waals surface area contributed by atoms with Gasteiger partial charge in [-0.2, -0.15) is 5.26 Å². The van der Waals surface area contributed by atoms with Gasteiger partial charge in [0.15, 0.2) is 11.5 Å². The van der Waals surface area contributed by atoms with Crippen LogP contribution in [0.15, 0.2) is 66.0 Å². The lowest BCUT2D eigenvalue weighted by molar-refractivity contribution is -0.114. The van der Waals surface area contributed by atoms with Crippen LogP contribution in [0.4, 0.5) is 5.00 Å². The molecule has 34 heavy (non-hydrogen) atoms. The number of amides is 1. The van der Waals surface area contributed by atoms with Crippen molar-refractivity contribution >= 4 is 45.2 Å². The zero-order valence-corrected chi connectivity index (χ0v) is 20.2. The van der Waals surface area contributed by atoms with E-state index in [9.17, 15) is 10.1 Å². The molecule has 4 rings (SSSR count). The topological polar surface area (TPSA) is 84.2 Å². The largest absolute Gasteiger partial charge is 0.493 e. The van der Waals surface area contributed by atoms with E-state index in [2.05, 4.69) is 16.4 Å². The minimum Gasteiger partial charge on any atom is -0.493 e. The van der Waals surface area contributed by atoms with Crippen molar-refractivity contribution in [1.29, 1.82) is 5.26 Å². The fraction of sp³-hybridized carbons (Fsp3) is 0.115. The molecule has 2 aromatic heterocycles. The summed E-state index contributed by atoms with van der Waals surface area (Å²) in [6.45, 7) is 1.87. The van der Waals surface area contributed by atoms with E-state index in [1.165, 1.54) is 29.6 Å². The molecule has 0 radical (unpaired) electrons. The quantitative estimate of drug-likeness (QED) is 0.288.